The third-order valence-electron chi connectivity index (χ3n) is 3.75. The molecular formula is C15H17N3O2. The molecular weight excluding hydrogens is 254 g/mol. The number of benzene rings is 1. The fraction of sp³-hybridized carbons (Fsp3) is 0.333. The van der Waals surface area contributed by atoms with E-state index >= 15 is 0 Å². The van der Waals surface area contributed by atoms with E-state index in [1.54, 1.807) is 0 Å². The van der Waals surface area contributed by atoms with Gasteiger partial charge in [0.2, 0.25) is 5.78 Å². The molecule has 0 unspecified atom stereocenters. The molecule has 1 aromatic carbocycles. The van der Waals surface area contributed by atoms with Crippen molar-refractivity contribution in [1.29, 1.82) is 0 Å². The van der Waals surface area contributed by atoms with Crippen LogP contribution >= 0.6 is 0 Å². The summed E-state index contributed by atoms with van der Waals surface area (Å²) in [6, 6.07) is 6.29. The number of carbonyl (C=O) groups is 1. The normalized spacial score (nSPS) is 11.5. The largest absolute Gasteiger partial charge is 0.481 e. The Balaban J connectivity index is 2.13. The highest BCUT2D eigenvalue weighted by Crippen LogP contribution is 2.21. The van der Waals surface area contributed by atoms with E-state index in [2.05, 4.69) is 24.0 Å². The van der Waals surface area contributed by atoms with Gasteiger partial charge in [-0.15, -0.1) is 0 Å². The van der Waals surface area contributed by atoms with Crippen molar-refractivity contribution in [3.8, 4) is 0 Å². The van der Waals surface area contributed by atoms with Crippen LogP contribution in [0, 0.1) is 0 Å². The molecule has 0 fully saturated rings. The summed E-state index contributed by atoms with van der Waals surface area (Å²) in [6.07, 6.45) is 3.64. The summed E-state index contributed by atoms with van der Waals surface area (Å²) in [5, 5.41) is 8.80. The number of aliphatic carboxylic acids is 1. The van der Waals surface area contributed by atoms with Gasteiger partial charge in [0.15, 0.2) is 0 Å². The van der Waals surface area contributed by atoms with Crippen molar-refractivity contribution in [3.63, 3.8) is 0 Å². The van der Waals surface area contributed by atoms with Crippen LogP contribution in [0.25, 0.3) is 16.8 Å². The summed E-state index contributed by atoms with van der Waals surface area (Å²) in [6.45, 7) is 2.13. The number of aryl methyl sites for hydroxylation is 3. The van der Waals surface area contributed by atoms with Crippen LogP contribution in [-0.2, 0) is 24.7 Å². The molecule has 3 aromatic rings. The van der Waals surface area contributed by atoms with Crippen LogP contribution in [0.5, 0.6) is 0 Å². The maximum Gasteiger partial charge on any atom is 0.303 e. The number of nitrogens with zero attached hydrogens (tertiary/aromatic N) is 3. The van der Waals surface area contributed by atoms with E-state index in [1.165, 1.54) is 5.56 Å². The van der Waals surface area contributed by atoms with Gasteiger partial charge in [-0.2, -0.15) is 0 Å². The van der Waals surface area contributed by atoms with Gasteiger partial charge in [-0.05, 0) is 30.5 Å². The Hall–Kier alpha value is -2.30. The molecule has 0 aliphatic rings. The smallest absolute Gasteiger partial charge is 0.303 e. The van der Waals surface area contributed by atoms with E-state index in [0.717, 1.165) is 28.9 Å². The van der Waals surface area contributed by atoms with Gasteiger partial charge in [-0.1, -0.05) is 13.0 Å². The molecule has 0 amide bonds. The van der Waals surface area contributed by atoms with E-state index in [0.29, 0.717) is 6.42 Å². The molecule has 0 aliphatic heterocycles. The summed E-state index contributed by atoms with van der Waals surface area (Å²) >= 11 is 0. The fourth-order valence-electron chi connectivity index (χ4n) is 2.54. The molecule has 3 rings (SSSR count). The lowest BCUT2D eigenvalue weighted by atomic mass is 10.1. The van der Waals surface area contributed by atoms with E-state index in [1.807, 2.05) is 28.3 Å². The first-order valence-electron chi connectivity index (χ1n) is 6.77. The second-order valence-electron chi connectivity index (χ2n) is 5.03. The van der Waals surface area contributed by atoms with Gasteiger partial charge in [-0.3, -0.25) is 9.20 Å². The first kappa shape index (κ1) is 12.7. The average Bonchev–Trinajstić information content (AvgIpc) is 2.93. The molecule has 0 saturated heterocycles. The standard InChI is InChI=1S/C15H17N3O2/c1-3-10-4-6-12-13(8-10)18-9-11(5-7-14(19)20)17(2)15(18)16-12/h4,6,8-9H,3,5,7H2,1-2H3,(H,19,20). The fourth-order valence-corrected chi connectivity index (χ4v) is 2.54. The zero-order valence-electron chi connectivity index (χ0n) is 11.6. The van der Waals surface area contributed by atoms with Gasteiger partial charge in [0, 0.05) is 18.9 Å². The van der Waals surface area contributed by atoms with Crippen LogP contribution in [0.4, 0.5) is 0 Å². The van der Waals surface area contributed by atoms with Crippen LogP contribution in [0.3, 0.4) is 0 Å². The zero-order chi connectivity index (χ0) is 14.3. The third kappa shape index (κ3) is 1.95. The van der Waals surface area contributed by atoms with Crippen LogP contribution in [-0.4, -0.2) is 25.0 Å². The Morgan fingerprint density at radius 1 is 1.40 bits per heavy atom. The maximum absolute atomic E-state index is 10.7. The second kappa shape index (κ2) is 4.67. The van der Waals surface area contributed by atoms with E-state index < -0.39 is 5.97 Å². The highest BCUT2D eigenvalue weighted by Gasteiger charge is 2.12. The van der Waals surface area contributed by atoms with Gasteiger partial charge < -0.3 is 9.67 Å². The van der Waals surface area contributed by atoms with Gasteiger partial charge in [-0.25, -0.2) is 4.98 Å². The molecule has 2 heterocycles. The Labute approximate surface area is 116 Å². The van der Waals surface area contributed by atoms with Gasteiger partial charge in [0.05, 0.1) is 17.5 Å². The first-order valence-corrected chi connectivity index (χ1v) is 6.77. The monoisotopic (exact) mass is 271 g/mol. The molecule has 0 bridgehead atoms. The summed E-state index contributed by atoms with van der Waals surface area (Å²) < 4.78 is 4.01. The number of fused-ring (bicyclic) bond motifs is 3. The molecule has 1 N–H and O–H groups in total. The Kier molecular flexibility index (Phi) is 2.97. The molecule has 0 aliphatic carbocycles. The van der Waals surface area contributed by atoms with Crippen LogP contribution < -0.4 is 0 Å². The number of imidazole rings is 2. The number of rotatable bonds is 4. The lowest BCUT2D eigenvalue weighted by Gasteiger charge is -1.99. The van der Waals surface area contributed by atoms with Crippen molar-refractivity contribution < 1.29 is 9.90 Å². The molecule has 104 valence electrons. The average molecular weight is 271 g/mol. The number of hydrogen-bond donors (Lipinski definition) is 1. The molecule has 0 radical (unpaired) electrons. The van der Waals surface area contributed by atoms with Crippen molar-refractivity contribution >= 4 is 22.8 Å². The third-order valence-corrected chi connectivity index (χ3v) is 3.75. The molecule has 0 spiro atoms. The van der Waals surface area contributed by atoms with Crippen LogP contribution in [0.15, 0.2) is 24.4 Å². The minimum atomic E-state index is -0.776. The van der Waals surface area contributed by atoms with Gasteiger partial charge in [0.25, 0.3) is 0 Å². The molecule has 2 aromatic heterocycles. The van der Waals surface area contributed by atoms with Crippen molar-refractivity contribution in [2.45, 2.75) is 26.2 Å². The minimum Gasteiger partial charge on any atom is -0.481 e. The quantitative estimate of drug-likeness (QED) is 0.792. The summed E-state index contributed by atoms with van der Waals surface area (Å²) in [5.41, 5.74) is 4.31. The van der Waals surface area contributed by atoms with Gasteiger partial charge >= 0.3 is 5.97 Å². The van der Waals surface area contributed by atoms with Crippen LogP contribution in [0.2, 0.25) is 0 Å². The van der Waals surface area contributed by atoms with E-state index in [9.17, 15) is 4.79 Å². The predicted molar refractivity (Wildman–Crippen MR) is 77.0 cm³/mol. The number of hydrogen-bond acceptors (Lipinski definition) is 2. The van der Waals surface area contributed by atoms with E-state index in [-0.39, 0.29) is 6.42 Å². The minimum absolute atomic E-state index is 0.138. The van der Waals surface area contributed by atoms with E-state index in [4.69, 9.17) is 5.11 Å². The van der Waals surface area contributed by atoms with Crippen molar-refractivity contribution in [1.82, 2.24) is 14.0 Å². The lowest BCUT2D eigenvalue weighted by Crippen LogP contribution is -2.02. The number of aromatic nitrogens is 3. The summed E-state index contributed by atoms with van der Waals surface area (Å²) in [5.74, 6) is 0.0793. The van der Waals surface area contributed by atoms with Gasteiger partial charge in [0.1, 0.15) is 0 Å². The lowest BCUT2D eigenvalue weighted by molar-refractivity contribution is -0.136. The zero-order valence-corrected chi connectivity index (χ0v) is 11.6. The Bertz CT molecular complexity index is 798. The molecule has 0 atom stereocenters. The predicted octanol–water partition coefficient (Wildman–Crippen LogP) is 2.41. The molecule has 0 saturated carbocycles. The Morgan fingerprint density at radius 2 is 2.20 bits per heavy atom. The summed E-state index contributed by atoms with van der Waals surface area (Å²) in [7, 11) is 1.93. The topological polar surface area (TPSA) is 59.5 Å². The first-order chi connectivity index (χ1) is 9.60. The number of carboxylic acid groups (broad SMARTS) is 1. The second-order valence-corrected chi connectivity index (χ2v) is 5.03. The van der Waals surface area contributed by atoms with Crippen molar-refractivity contribution in [2.24, 2.45) is 7.05 Å². The van der Waals surface area contributed by atoms with Crippen molar-refractivity contribution in [2.75, 3.05) is 0 Å². The Morgan fingerprint density at radius 3 is 2.90 bits per heavy atom. The number of carboxylic acids is 1. The SMILES string of the molecule is CCc1ccc2nc3n(C)c(CCC(=O)O)cn3c2c1. The van der Waals surface area contributed by atoms with Crippen LogP contribution in [0.1, 0.15) is 24.6 Å². The molecule has 5 heteroatoms. The highest BCUT2D eigenvalue weighted by atomic mass is 16.4. The highest BCUT2D eigenvalue weighted by molar-refractivity contribution is 5.80. The summed E-state index contributed by atoms with van der Waals surface area (Å²) in [4.78, 5) is 15.3. The maximum atomic E-state index is 10.7. The molecule has 5 nitrogen and oxygen atoms in total. The molecule has 20 heavy (non-hydrogen) atoms. The van der Waals surface area contributed by atoms with Crippen molar-refractivity contribution in [3.05, 3.63) is 35.7 Å².